The largest absolute Gasteiger partial charge is 0.395 e. The molecule has 0 atom stereocenters. The van der Waals surface area contributed by atoms with Crippen LogP contribution >= 0.6 is 0 Å². The standard InChI is InChI=1S/C25H27NO/c1-2-21(19-20-9-5-3-6-10-20)25(22-11-7-4-8-12-22)23-13-15-24(16-14-23)26-17-18-27/h3-16,26-27H,2,17-19H2,1H3. The molecule has 0 fully saturated rings. The maximum absolute atomic E-state index is 8.99. The second kappa shape index (κ2) is 9.75. The number of allylic oxidation sites excluding steroid dienone is 1. The van der Waals surface area contributed by atoms with Gasteiger partial charge in [0.15, 0.2) is 0 Å². The van der Waals surface area contributed by atoms with E-state index in [1.807, 2.05) is 0 Å². The van der Waals surface area contributed by atoms with Gasteiger partial charge in [-0.15, -0.1) is 0 Å². The van der Waals surface area contributed by atoms with Crippen molar-refractivity contribution in [2.75, 3.05) is 18.5 Å². The van der Waals surface area contributed by atoms with Gasteiger partial charge in [0.2, 0.25) is 0 Å². The summed E-state index contributed by atoms with van der Waals surface area (Å²) in [5.41, 5.74) is 7.59. The number of rotatable bonds is 8. The minimum atomic E-state index is 0.133. The molecular weight excluding hydrogens is 330 g/mol. The highest BCUT2D eigenvalue weighted by Gasteiger charge is 2.12. The van der Waals surface area contributed by atoms with Crippen LogP contribution in [0.5, 0.6) is 0 Å². The molecule has 2 nitrogen and oxygen atoms in total. The van der Waals surface area contributed by atoms with E-state index in [2.05, 4.69) is 97.2 Å². The van der Waals surface area contributed by atoms with Crippen LogP contribution < -0.4 is 5.32 Å². The van der Waals surface area contributed by atoms with E-state index in [-0.39, 0.29) is 6.61 Å². The van der Waals surface area contributed by atoms with Crippen molar-refractivity contribution in [2.24, 2.45) is 0 Å². The topological polar surface area (TPSA) is 32.3 Å². The van der Waals surface area contributed by atoms with Crippen molar-refractivity contribution in [3.8, 4) is 0 Å². The van der Waals surface area contributed by atoms with Crippen molar-refractivity contribution in [1.29, 1.82) is 0 Å². The van der Waals surface area contributed by atoms with Crippen LogP contribution in [0.25, 0.3) is 5.57 Å². The summed E-state index contributed by atoms with van der Waals surface area (Å²) in [6.45, 7) is 2.93. The third-order valence-corrected chi connectivity index (χ3v) is 4.72. The molecule has 0 saturated heterocycles. The fourth-order valence-electron chi connectivity index (χ4n) is 3.37. The molecule has 0 bridgehead atoms. The molecule has 0 aliphatic carbocycles. The van der Waals surface area contributed by atoms with Crippen LogP contribution in [-0.2, 0) is 6.42 Å². The number of nitrogens with one attached hydrogen (secondary N) is 1. The monoisotopic (exact) mass is 357 g/mol. The van der Waals surface area contributed by atoms with Gasteiger partial charge in [-0.1, -0.05) is 85.3 Å². The summed E-state index contributed by atoms with van der Waals surface area (Å²) in [6, 6.07) is 29.8. The lowest BCUT2D eigenvalue weighted by atomic mass is 9.88. The van der Waals surface area contributed by atoms with Crippen molar-refractivity contribution >= 4 is 11.3 Å². The van der Waals surface area contributed by atoms with Crippen LogP contribution in [0.1, 0.15) is 30.0 Å². The van der Waals surface area contributed by atoms with Crippen molar-refractivity contribution in [2.45, 2.75) is 19.8 Å². The van der Waals surface area contributed by atoms with Crippen LogP contribution in [0, 0.1) is 0 Å². The number of hydrogen-bond acceptors (Lipinski definition) is 2. The lowest BCUT2D eigenvalue weighted by molar-refractivity contribution is 0.311. The third-order valence-electron chi connectivity index (χ3n) is 4.72. The Morgan fingerprint density at radius 3 is 1.96 bits per heavy atom. The smallest absolute Gasteiger partial charge is 0.0604 e. The van der Waals surface area contributed by atoms with Gasteiger partial charge in [0.25, 0.3) is 0 Å². The number of benzene rings is 3. The van der Waals surface area contributed by atoms with Crippen LogP contribution in [0.2, 0.25) is 0 Å². The van der Waals surface area contributed by atoms with Crippen LogP contribution in [-0.4, -0.2) is 18.3 Å². The van der Waals surface area contributed by atoms with Gasteiger partial charge in [-0.2, -0.15) is 0 Å². The average Bonchev–Trinajstić information content (AvgIpc) is 2.74. The summed E-state index contributed by atoms with van der Waals surface area (Å²) in [5, 5.41) is 12.2. The number of aliphatic hydroxyl groups excluding tert-OH is 1. The zero-order valence-electron chi connectivity index (χ0n) is 15.9. The Hall–Kier alpha value is -2.84. The second-order valence-corrected chi connectivity index (χ2v) is 6.59. The fourth-order valence-corrected chi connectivity index (χ4v) is 3.37. The molecule has 2 heteroatoms. The van der Waals surface area contributed by atoms with Gasteiger partial charge >= 0.3 is 0 Å². The molecule has 0 spiro atoms. The second-order valence-electron chi connectivity index (χ2n) is 6.59. The molecule has 27 heavy (non-hydrogen) atoms. The van der Waals surface area contributed by atoms with E-state index < -0.39 is 0 Å². The van der Waals surface area contributed by atoms with Crippen LogP contribution in [0.3, 0.4) is 0 Å². The molecule has 3 rings (SSSR count). The van der Waals surface area contributed by atoms with Crippen molar-refractivity contribution < 1.29 is 5.11 Å². The van der Waals surface area contributed by atoms with E-state index in [1.54, 1.807) is 0 Å². The molecule has 0 amide bonds. The molecule has 3 aromatic rings. The molecule has 138 valence electrons. The maximum atomic E-state index is 8.99. The number of aliphatic hydroxyl groups is 1. The number of hydrogen-bond donors (Lipinski definition) is 2. The van der Waals surface area contributed by atoms with Crippen molar-refractivity contribution in [3.63, 3.8) is 0 Å². The Bertz CT molecular complexity index is 852. The summed E-state index contributed by atoms with van der Waals surface area (Å²) >= 11 is 0. The summed E-state index contributed by atoms with van der Waals surface area (Å²) < 4.78 is 0. The third kappa shape index (κ3) is 5.08. The molecular formula is C25H27NO. The highest BCUT2D eigenvalue weighted by atomic mass is 16.3. The van der Waals surface area contributed by atoms with Gasteiger partial charge in [0, 0.05) is 12.2 Å². The Balaban J connectivity index is 2.02. The van der Waals surface area contributed by atoms with E-state index in [1.165, 1.54) is 27.8 Å². The van der Waals surface area contributed by atoms with Crippen LogP contribution in [0.15, 0.2) is 90.5 Å². The molecule has 0 radical (unpaired) electrons. The zero-order chi connectivity index (χ0) is 18.9. The molecule has 0 heterocycles. The maximum Gasteiger partial charge on any atom is 0.0604 e. The molecule has 2 N–H and O–H groups in total. The Kier molecular flexibility index (Phi) is 6.84. The van der Waals surface area contributed by atoms with E-state index in [4.69, 9.17) is 5.11 Å². The fraction of sp³-hybridized carbons (Fsp3) is 0.200. The Morgan fingerprint density at radius 1 is 0.778 bits per heavy atom. The summed E-state index contributed by atoms with van der Waals surface area (Å²) in [6.07, 6.45) is 1.95. The summed E-state index contributed by atoms with van der Waals surface area (Å²) in [5.74, 6) is 0. The van der Waals surface area contributed by atoms with Crippen molar-refractivity contribution in [1.82, 2.24) is 0 Å². The van der Waals surface area contributed by atoms with Gasteiger partial charge in [-0.3, -0.25) is 0 Å². The predicted octanol–water partition coefficient (Wildman–Crippen LogP) is 5.55. The van der Waals surface area contributed by atoms with Gasteiger partial charge in [-0.05, 0) is 47.2 Å². The van der Waals surface area contributed by atoms with Gasteiger partial charge in [0.1, 0.15) is 0 Å². The highest BCUT2D eigenvalue weighted by molar-refractivity contribution is 5.83. The zero-order valence-corrected chi connectivity index (χ0v) is 15.9. The molecule has 0 unspecified atom stereocenters. The number of anilines is 1. The van der Waals surface area contributed by atoms with Crippen molar-refractivity contribution in [3.05, 3.63) is 107 Å². The molecule has 0 saturated carbocycles. The summed E-state index contributed by atoms with van der Waals surface area (Å²) in [7, 11) is 0. The van der Waals surface area contributed by atoms with Gasteiger partial charge in [0.05, 0.1) is 6.61 Å². The molecule has 0 aromatic heterocycles. The van der Waals surface area contributed by atoms with E-state index in [0.717, 1.165) is 18.5 Å². The Labute approximate surface area is 162 Å². The van der Waals surface area contributed by atoms with Gasteiger partial charge < -0.3 is 10.4 Å². The first-order chi connectivity index (χ1) is 13.3. The van der Waals surface area contributed by atoms with Crippen LogP contribution in [0.4, 0.5) is 5.69 Å². The lowest BCUT2D eigenvalue weighted by Gasteiger charge is -2.17. The normalized spacial score (nSPS) is 11.8. The van der Waals surface area contributed by atoms with Gasteiger partial charge in [-0.25, -0.2) is 0 Å². The Morgan fingerprint density at radius 2 is 1.37 bits per heavy atom. The molecule has 0 aliphatic heterocycles. The first kappa shape index (κ1) is 18.9. The quantitative estimate of drug-likeness (QED) is 0.554. The first-order valence-corrected chi connectivity index (χ1v) is 9.58. The summed E-state index contributed by atoms with van der Waals surface area (Å²) in [4.78, 5) is 0. The first-order valence-electron chi connectivity index (χ1n) is 9.58. The van der Waals surface area contributed by atoms with E-state index >= 15 is 0 Å². The average molecular weight is 357 g/mol. The SMILES string of the molecule is CCC(Cc1ccccc1)=C(c1ccccc1)c1ccc(NCCO)cc1. The highest BCUT2D eigenvalue weighted by Crippen LogP contribution is 2.31. The van der Waals surface area contributed by atoms with E-state index in [0.29, 0.717) is 6.54 Å². The minimum Gasteiger partial charge on any atom is -0.395 e. The van der Waals surface area contributed by atoms with E-state index in [9.17, 15) is 0 Å². The predicted molar refractivity (Wildman–Crippen MR) is 115 cm³/mol. The molecule has 0 aliphatic rings. The lowest BCUT2D eigenvalue weighted by Crippen LogP contribution is -2.05. The minimum absolute atomic E-state index is 0.133. The molecule has 3 aromatic carbocycles.